The standard InChI is InChI=1S/C20H18Cl2N2O3/c21-16-9-8-13(11-17(16)22)12-23-18(25)15-7-4-10-24(20(15)27)19(26)14-5-2-1-3-6-14/h1-3,5-6,8-9,11,15H,4,7,10,12H2,(H,23,25). The summed E-state index contributed by atoms with van der Waals surface area (Å²) >= 11 is 11.8. The summed E-state index contributed by atoms with van der Waals surface area (Å²) in [6.07, 6.45) is 1.01. The second-order valence-electron chi connectivity index (χ2n) is 6.32. The molecule has 1 N–H and O–H groups in total. The molecule has 140 valence electrons. The normalized spacial score (nSPS) is 16.9. The van der Waals surface area contributed by atoms with Crippen LogP contribution < -0.4 is 5.32 Å². The van der Waals surface area contributed by atoms with E-state index < -0.39 is 17.7 Å². The Morgan fingerprint density at radius 2 is 1.81 bits per heavy atom. The van der Waals surface area contributed by atoms with Crippen molar-refractivity contribution in [3.05, 3.63) is 69.7 Å². The molecule has 1 aliphatic heterocycles. The van der Waals surface area contributed by atoms with E-state index in [9.17, 15) is 14.4 Å². The minimum Gasteiger partial charge on any atom is -0.351 e. The maximum atomic E-state index is 12.7. The highest BCUT2D eigenvalue weighted by Crippen LogP contribution is 2.23. The van der Waals surface area contributed by atoms with Crippen molar-refractivity contribution in [2.24, 2.45) is 5.92 Å². The molecule has 1 aliphatic rings. The minimum atomic E-state index is -0.866. The smallest absolute Gasteiger partial charge is 0.260 e. The number of hydrogen-bond donors (Lipinski definition) is 1. The molecule has 5 nitrogen and oxygen atoms in total. The SMILES string of the molecule is O=C(NCc1ccc(Cl)c(Cl)c1)C1CCCN(C(=O)c2ccccc2)C1=O. The molecule has 1 heterocycles. The van der Waals surface area contributed by atoms with Gasteiger partial charge >= 0.3 is 0 Å². The molecule has 3 rings (SSSR count). The zero-order valence-electron chi connectivity index (χ0n) is 14.5. The highest BCUT2D eigenvalue weighted by Gasteiger charge is 2.37. The van der Waals surface area contributed by atoms with Crippen LogP contribution in [0.1, 0.15) is 28.8 Å². The first-order valence-corrected chi connectivity index (χ1v) is 9.35. The van der Waals surface area contributed by atoms with Gasteiger partial charge in [-0.15, -0.1) is 0 Å². The van der Waals surface area contributed by atoms with E-state index in [2.05, 4.69) is 5.32 Å². The van der Waals surface area contributed by atoms with Crippen LogP contribution in [0.4, 0.5) is 0 Å². The fourth-order valence-electron chi connectivity index (χ4n) is 3.02. The molecular formula is C20H18Cl2N2O3. The topological polar surface area (TPSA) is 66.5 Å². The molecule has 1 fully saturated rings. The van der Waals surface area contributed by atoms with E-state index in [-0.39, 0.29) is 12.5 Å². The lowest BCUT2D eigenvalue weighted by Gasteiger charge is -2.30. The number of benzene rings is 2. The molecule has 27 heavy (non-hydrogen) atoms. The largest absolute Gasteiger partial charge is 0.351 e. The number of imide groups is 1. The molecule has 0 spiro atoms. The van der Waals surface area contributed by atoms with E-state index in [1.807, 2.05) is 0 Å². The maximum absolute atomic E-state index is 12.7. The first-order chi connectivity index (χ1) is 13.0. The van der Waals surface area contributed by atoms with Gasteiger partial charge in [-0.05, 0) is 42.7 Å². The quantitative estimate of drug-likeness (QED) is 0.623. The van der Waals surface area contributed by atoms with Crippen LogP contribution in [0, 0.1) is 5.92 Å². The van der Waals surface area contributed by atoms with Gasteiger partial charge in [0.2, 0.25) is 11.8 Å². The molecule has 1 unspecified atom stereocenters. The lowest BCUT2D eigenvalue weighted by molar-refractivity contribution is -0.142. The highest BCUT2D eigenvalue weighted by atomic mass is 35.5. The Balaban J connectivity index is 1.65. The number of halogens is 2. The van der Waals surface area contributed by atoms with Crippen molar-refractivity contribution in [3.63, 3.8) is 0 Å². The van der Waals surface area contributed by atoms with Crippen LogP contribution in [0.5, 0.6) is 0 Å². The lowest BCUT2D eigenvalue weighted by atomic mass is 9.95. The molecule has 2 aromatic rings. The predicted octanol–water partition coefficient (Wildman–Crippen LogP) is 3.69. The average Bonchev–Trinajstić information content (AvgIpc) is 2.69. The Bertz CT molecular complexity index is 871. The maximum Gasteiger partial charge on any atom is 0.260 e. The molecule has 2 aromatic carbocycles. The van der Waals surface area contributed by atoms with Crippen LogP contribution in [0.2, 0.25) is 10.0 Å². The van der Waals surface area contributed by atoms with E-state index in [1.54, 1.807) is 48.5 Å². The lowest BCUT2D eigenvalue weighted by Crippen LogP contribution is -2.49. The summed E-state index contributed by atoms with van der Waals surface area (Å²) in [5.41, 5.74) is 1.21. The summed E-state index contributed by atoms with van der Waals surface area (Å²) in [6.45, 7) is 0.551. The third-order valence-corrected chi connectivity index (χ3v) is 5.21. The first kappa shape index (κ1) is 19.4. The molecule has 0 aliphatic carbocycles. The fourth-order valence-corrected chi connectivity index (χ4v) is 3.34. The number of carbonyl (C=O) groups is 3. The van der Waals surface area contributed by atoms with Gasteiger partial charge in [0.15, 0.2) is 0 Å². The van der Waals surface area contributed by atoms with Gasteiger partial charge in [0.05, 0.1) is 10.0 Å². The van der Waals surface area contributed by atoms with Crippen molar-refractivity contribution in [1.82, 2.24) is 10.2 Å². The van der Waals surface area contributed by atoms with Crippen molar-refractivity contribution in [3.8, 4) is 0 Å². The average molecular weight is 405 g/mol. The molecular weight excluding hydrogens is 387 g/mol. The monoisotopic (exact) mass is 404 g/mol. The van der Waals surface area contributed by atoms with Crippen molar-refractivity contribution in [2.75, 3.05) is 6.54 Å². The Labute approximate surface area is 167 Å². The molecule has 1 saturated heterocycles. The van der Waals surface area contributed by atoms with Gasteiger partial charge in [-0.3, -0.25) is 19.3 Å². The summed E-state index contributed by atoms with van der Waals surface area (Å²) in [7, 11) is 0. The second-order valence-corrected chi connectivity index (χ2v) is 7.14. The molecule has 0 bridgehead atoms. The van der Waals surface area contributed by atoms with Crippen molar-refractivity contribution in [1.29, 1.82) is 0 Å². The molecule has 0 aromatic heterocycles. The predicted molar refractivity (Wildman–Crippen MR) is 104 cm³/mol. The summed E-state index contributed by atoms with van der Waals surface area (Å²) in [5.74, 6) is -2.09. The summed E-state index contributed by atoms with van der Waals surface area (Å²) in [4.78, 5) is 38.9. The Hall–Kier alpha value is -2.37. The zero-order chi connectivity index (χ0) is 19.4. The number of nitrogens with one attached hydrogen (secondary N) is 1. The van der Waals surface area contributed by atoms with Crippen LogP contribution in [-0.2, 0) is 16.1 Å². The van der Waals surface area contributed by atoms with Gasteiger partial charge < -0.3 is 5.32 Å². The van der Waals surface area contributed by atoms with Gasteiger partial charge in [0.25, 0.3) is 5.91 Å². The molecule has 3 amide bonds. The first-order valence-electron chi connectivity index (χ1n) is 8.60. The number of amides is 3. The van der Waals surface area contributed by atoms with Crippen LogP contribution in [-0.4, -0.2) is 29.2 Å². The van der Waals surface area contributed by atoms with Gasteiger partial charge in [-0.2, -0.15) is 0 Å². The van der Waals surface area contributed by atoms with E-state index >= 15 is 0 Å². The molecule has 1 atom stereocenters. The van der Waals surface area contributed by atoms with Crippen LogP contribution in [0.3, 0.4) is 0 Å². The van der Waals surface area contributed by atoms with E-state index in [4.69, 9.17) is 23.2 Å². The summed E-state index contributed by atoms with van der Waals surface area (Å²) in [6, 6.07) is 13.7. The number of hydrogen-bond acceptors (Lipinski definition) is 3. The number of rotatable bonds is 4. The van der Waals surface area contributed by atoms with E-state index in [1.165, 1.54) is 4.90 Å². The van der Waals surface area contributed by atoms with Gasteiger partial charge in [0.1, 0.15) is 5.92 Å². The zero-order valence-corrected chi connectivity index (χ0v) is 16.0. The third-order valence-electron chi connectivity index (χ3n) is 4.47. The number of piperidine rings is 1. The Kier molecular flexibility index (Phi) is 6.14. The number of nitrogens with zero attached hydrogens (tertiary/aromatic N) is 1. The van der Waals surface area contributed by atoms with Crippen molar-refractivity contribution in [2.45, 2.75) is 19.4 Å². The molecule has 0 radical (unpaired) electrons. The number of likely N-dealkylation sites (tertiary alicyclic amines) is 1. The highest BCUT2D eigenvalue weighted by molar-refractivity contribution is 6.42. The van der Waals surface area contributed by atoms with Crippen molar-refractivity contribution < 1.29 is 14.4 Å². The molecule has 7 heteroatoms. The third kappa shape index (κ3) is 4.49. The van der Waals surface area contributed by atoms with Gasteiger partial charge in [-0.1, -0.05) is 47.5 Å². The van der Waals surface area contributed by atoms with Crippen LogP contribution in [0.15, 0.2) is 48.5 Å². The van der Waals surface area contributed by atoms with E-state index in [0.29, 0.717) is 35.0 Å². The summed E-state index contributed by atoms with van der Waals surface area (Å²) in [5, 5.41) is 3.58. The Morgan fingerprint density at radius 3 is 2.52 bits per heavy atom. The summed E-state index contributed by atoms with van der Waals surface area (Å²) < 4.78 is 0. The van der Waals surface area contributed by atoms with E-state index in [0.717, 1.165) is 5.56 Å². The minimum absolute atomic E-state index is 0.228. The van der Waals surface area contributed by atoms with Gasteiger partial charge in [-0.25, -0.2) is 0 Å². The second kappa shape index (κ2) is 8.55. The van der Waals surface area contributed by atoms with Gasteiger partial charge in [0, 0.05) is 18.7 Å². The van der Waals surface area contributed by atoms with Crippen LogP contribution in [0.25, 0.3) is 0 Å². The fraction of sp³-hybridized carbons (Fsp3) is 0.250. The van der Waals surface area contributed by atoms with Crippen LogP contribution >= 0.6 is 23.2 Å². The molecule has 0 saturated carbocycles. The number of carbonyl (C=O) groups excluding carboxylic acids is 3. The van der Waals surface area contributed by atoms with Crippen molar-refractivity contribution >= 4 is 40.9 Å². The Morgan fingerprint density at radius 1 is 1.07 bits per heavy atom.